The fourth-order valence-electron chi connectivity index (χ4n) is 2.60. The van der Waals surface area contributed by atoms with Gasteiger partial charge in [-0.2, -0.15) is 23.1 Å². The van der Waals surface area contributed by atoms with Gasteiger partial charge < -0.3 is 9.47 Å². The highest BCUT2D eigenvalue weighted by atomic mass is 32.2. The van der Waals surface area contributed by atoms with Gasteiger partial charge in [0.25, 0.3) is 20.0 Å². The monoisotopic (exact) mass is 518 g/mol. The van der Waals surface area contributed by atoms with Gasteiger partial charge in [0.2, 0.25) is 5.88 Å². The van der Waals surface area contributed by atoms with Gasteiger partial charge >= 0.3 is 12.2 Å². The van der Waals surface area contributed by atoms with Crippen LogP contribution in [0.5, 0.6) is 11.9 Å². The summed E-state index contributed by atoms with van der Waals surface area (Å²) in [6.07, 6.45) is -4.72. The molecule has 0 fully saturated rings. The van der Waals surface area contributed by atoms with Crippen LogP contribution in [0.25, 0.3) is 0 Å². The zero-order chi connectivity index (χ0) is 25.1. The van der Waals surface area contributed by atoms with E-state index in [0.29, 0.717) is 6.07 Å². The molecule has 0 saturated heterocycles. The summed E-state index contributed by atoms with van der Waals surface area (Å²) in [5.74, 6) is -0.0954. The first-order chi connectivity index (χ1) is 15.8. The number of benzene rings is 2. The summed E-state index contributed by atoms with van der Waals surface area (Å²) >= 11 is 0. The van der Waals surface area contributed by atoms with Crippen molar-refractivity contribution in [1.29, 1.82) is 0 Å². The summed E-state index contributed by atoms with van der Waals surface area (Å²) in [5, 5.41) is 0. The number of nitrogens with zero attached hydrogens (tertiary/aromatic N) is 2. The molecule has 34 heavy (non-hydrogen) atoms. The predicted octanol–water partition coefficient (Wildman–Crippen LogP) is 3.11. The first kappa shape index (κ1) is 25.0. The number of alkyl halides is 3. The van der Waals surface area contributed by atoms with Crippen LogP contribution in [-0.2, 0) is 26.2 Å². The molecule has 1 heterocycles. The largest absolute Gasteiger partial charge is 0.481 e. The molecule has 1 aromatic heterocycles. The Morgan fingerprint density at radius 2 is 1.44 bits per heavy atom. The Morgan fingerprint density at radius 3 is 2.03 bits per heavy atom. The number of nitrogens with one attached hydrogen (secondary N) is 2. The van der Waals surface area contributed by atoms with E-state index in [2.05, 4.69) is 19.4 Å². The number of methoxy groups -OCH3 is 2. The molecule has 0 aliphatic carbocycles. The third-order valence-electron chi connectivity index (χ3n) is 4.20. The van der Waals surface area contributed by atoms with Crippen molar-refractivity contribution in [1.82, 2.24) is 9.97 Å². The molecule has 10 nitrogen and oxygen atoms in total. The van der Waals surface area contributed by atoms with Gasteiger partial charge in [0.15, 0.2) is 5.82 Å². The zero-order valence-electron chi connectivity index (χ0n) is 17.5. The van der Waals surface area contributed by atoms with Crippen molar-refractivity contribution in [2.24, 2.45) is 0 Å². The summed E-state index contributed by atoms with van der Waals surface area (Å²) in [6.45, 7) is 0. The van der Waals surface area contributed by atoms with Crippen molar-refractivity contribution < 1.29 is 39.5 Å². The minimum absolute atomic E-state index is 0.0453. The molecular weight excluding hydrogens is 501 g/mol. The fraction of sp³-hybridized carbons (Fsp3) is 0.158. The van der Waals surface area contributed by atoms with Gasteiger partial charge in [0.05, 0.1) is 29.6 Å². The lowest BCUT2D eigenvalue weighted by molar-refractivity contribution is -0.137. The van der Waals surface area contributed by atoms with Crippen molar-refractivity contribution in [3.05, 3.63) is 60.2 Å². The van der Waals surface area contributed by atoms with Gasteiger partial charge in [-0.15, -0.1) is 0 Å². The van der Waals surface area contributed by atoms with Crippen LogP contribution in [0.2, 0.25) is 0 Å². The highest BCUT2D eigenvalue weighted by molar-refractivity contribution is 7.93. The van der Waals surface area contributed by atoms with E-state index in [-0.39, 0.29) is 28.3 Å². The molecule has 0 spiro atoms. The molecule has 3 aromatic rings. The van der Waals surface area contributed by atoms with E-state index in [1.807, 2.05) is 0 Å². The number of hydrogen-bond acceptors (Lipinski definition) is 8. The summed E-state index contributed by atoms with van der Waals surface area (Å²) in [4.78, 5) is 6.86. The number of hydrogen-bond donors (Lipinski definition) is 2. The summed E-state index contributed by atoms with van der Waals surface area (Å²) in [6, 6.07) is 8.77. The summed E-state index contributed by atoms with van der Waals surface area (Å²) in [7, 11) is -5.92. The number of ether oxygens (including phenoxy) is 2. The molecule has 2 N–H and O–H groups in total. The molecule has 15 heteroatoms. The molecule has 0 atom stereocenters. The van der Waals surface area contributed by atoms with Crippen molar-refractivity contribution in [3.8, 4) is 11.9 Å². The molecule has 0 radical (unpaired) electrons. The van der Waals surface area contributed by atoms with E-state index in [1.165, 1.54) is 20.3 Å². The first-order valence-electron chi connectivity index (χ1n) is 9.14. The minimum Gasteiger partial charge on any atom is -0.481 e. The minimum atomic E-state index is -4.72. The van der Waals surface area contributed by atoms with Crippen molar-refractivity contribution in [2.75, 3.05) is 23.7 Å². The van der Waals surface area contributed by atoms with Crippen molar-refractivity contribution in [2.45, 2.75) is 16.0 Å². The molecule has 182 valence electrons. The number of anilines is 2. The molecule has 2 aromatic carbocycles. The van der Waals surface area contributed by atoms with Crippen LogP contribution in [0.1, 0.15) is 5.56 Å². The topological polar surface area (TPSA) is 137 Å². The molecule has 3 rings (SSSR count). The molecular formula is C19H17F3N4O6S2. The Balaban J connectivity index is 1.81. The third-order valence-corrected chi connectivity index (χ3v) is 6.95. The van der Waals surface area contributed by atoms with Crippen molar-refractivity contribution >= 4 is 31.6 Å². The van der Waals surface area contributed by atoms with Crippen LogP contribution >= 0.6 is 0 Å². The van der Waals surface area contributed by atoms with E-state index in [9.17, 15) is 30.0 Å². The van der Waals surface area contributed by atoms with Gasteiger partial charge in [0.1, 0.15) is 0 Å². The first-order valence-corrected chi connectivity index (χ1v) is 12.1. The average molecular weight is 518 g/mol. The quantitative estimate of drug-likeness (QED) is 0.464. The Kier molecular flexibility index (Phi) is 6.88. The van der Waals surface area contributed by atoms with Gasteiger partial charge in [-0.3, -0.25) is 9.44 Å². The second-order valence-corrected chi connectivity index (χ2v) is 9.91. The standard InChI is InChI=1S/C19H17F3N4O6S2/c1-31-17-11-16(23-18(24-17)32-2)26-33(27,28)14-8-6-13(7-9-14)25-34(29,30)15-5-3-4-12(10-15)19(20,21)22/h3-11,25H,1-2H3,(H,23,24,26). The van der Waals surface area contributed by atoms with Crippen LogP contribution in [0.3, 0.4) is 0 Å². The second kappa shape index (κ2) is 9.34. The van der Waals surface area contributed by atoms with E-state index in [4.69, 9.17) is 9.47 Å². The highest BCUT2D eigenvalue weighted by Gasteiger charge is 2.31. The maximum absolute atomic E-state index is 12.9. The van der Waals surface area contributed by atoms with Gasteiger partial charge in [0, 0.05) is 11.8 Å². The second-order valence-electron chi connectivity index (χ2n) is 6.54. The number of aromatic nitrogens is 2. The molecule has 0 amide bonds. The van der Waals surface area contributed by atoms with Crippen LogP contribution in [-0.4, -0.2) is 41.0 Å². The molecule has 0 aliphatic heterocycles. The lowest BCUT2D eigenvalue weighted by atomic mass is 10.2. The van der Waals surface area contributed by atoms with Gasteiger partial charge in [-0.25, -0.2) is 16.8 Å². The van der Waals surface area contributed by atoms with Crippen molar-refractivity contribution in [3.63, 3.8) is 0 Å². The van der Waals surface area contributed by atoms with E-state index >= 15 is 0 Å². The Morgan fingerprint density at radius 1 is 0.794 bits per heavy atom. The molecule has 0 bridgehead atoms. The van der Waals surface area contributed by atoms with E-state index in [0.717, 1.165) is 42.5 Å². The molecule has 0 unspecified atom stereocenters. The number of rotatable bonds is 8. The number of sulfonamides is 2. The number of halogens is 3. The zero-order valence-corrected chi connectivity index (χ0v) is 19.1. The fourth-order valence-corrected chi connectivity index (χ4v) is 4.70. The SMILES string of the molecule is COc1cc(NS(=O)(=O)c2ccc(NS(=O)(=O)c3cccc(C(F)(F)F)c3)cc2)nc(OC)n1. The van der Waals surface area contributed by atoms with Gasteiger partial charge in [-0.05, 0) is 42.5 Å². The maximum Gasteiger partial charge on any atom is 0.416 e. The van der Waals surface area contributed by atoms with E-state index in [1.54, 1.807) is 0 Å². The van der Waals surface area contributed by atoms with Crippen LogP contribution in [0, 0.1) is 0 Å². The lowest BCUT2D eigenvalue weighted by Crippen LogP contribution is -2.16. The smallest absolute Gasteiger partial charge is 0.416 e. The lowest BCUT2D eigenvalue weighted by Gasteiger charge is -2.12. The average Bonchev–Trinajstić information content (AvgIpc) is 2.78. The maximum atomic E-state index is 12.9. The van der Waals surface area contributed by atoms with Crippen LogP contribution in [0.15, 0.2) is 64.4 Å². The molecule has 0 aliphatic rings. The summed E-state index contributed by atoms with van der Waals surface area (Å²) in [5.41, 5.74) is -1.19. The van der Waals surface area contributed by atoms with Crippen LogP contribution < -0.4 is 18.9 Å². The summed E-state index contributed by atoms with van der Waals surface area (Å²) < 4.78 is 103. The Bertz CT molecular complexity index is 1370. The normalized spacial score (nSPS) is 12.1. The molecule has 0 saturated carbocycles. The Labute approximate surface area is 192 Å². The predicted molar refractivity (Wildman–Crippen MR) is 115 cm³/mol. The highest BCUT2D eigenvalue weighted by Crippen LogP contribution is 2.31. The van der Waals surface area contributed by atoms with Crippen LogP contribution in [0.4, 0.5) is 24.7 Å². The van der Waals surface area contributed by atoms with Gasteiger partial charge in [-0.1, -0.05) is 6.07 Å². The van der Waals surface area contributed by atoms with E-state index < -0.39 is 36.7 Å². The Hall–Kier alpha value is -3.59. The third kappa shape index (κ3) is 5.85.